The molecule has 1 fully saturated rings. The van der Waals surface area contributed by atoms with Gasteiger partial charge in [-0.3, -0.25) is 19.3 Å². The molecule has 17 nitrogen and oxygen atoms in total. The Morgan fingerprint density at radius 2 is 2.00 bits per heavy atom. The smallest absolute Gasteiger partial charge is 0.370 e. The summed E-state index contributed by atoms with van der Waals surface area (Å²) in [4.78, 5) is 78.1. The van der Waals surface area contributed by atoms with Crippen molar-refractivity contribution in [2.24, 2.45) is 5.16 Å². The minimum atomic E-state index is -1.28. The molecule has 5 heterocycles. The second kappa shape index (κ2) is 14.1. The zero-order valence-electron chi connectivity index (χ0n) is 24.3. The minimum Gasteiger partial charge on any atom is -0.503 e. The van der Waals surface area contributed by atoms with Crippen molar-refractivity contribution >= 4 is 69.5 Å². The summed E-state index contributed by atoms with van der Waals surface area (Å²) in [5.74, 6) is -3.73. The second-order valence-corrected chi connectivity index (χ2v) is 12.9. The SMILES string of the molecule is COn1cc(O)c(=O)cc1CON=C(C(=O)N[C@@H]1C(=O)N2C(C(=O)O)=C(CSc3cc[n+](CC(=O)O)cc3)CS[C@H]12)c1csc(N)n1. The van der Waals surface area contributed by atoms with Gasteiger partial charge < -0.3 is 36.0 Å². The zero-order chi connectivity index (χ0) is 33.8. The van der Waals surface area contributed by atoms with E-state index in [1.165, 1.54) is 40.6 Å². The number of β-lactam (4-membered cyclic amide) rings is 1. The summed E-state index contributed by atoms with van der Waals surface area (Å²) in [5.41, 5.74) is 5.31. The molecule has 2 atom stereocenters. The third-order valence-electron chi connectivity index (χ3n) is 6.75. The van der Waals surface area contributed by atoms with Gasteiger partial charge in [0.1, 0.15) is 35.6 Å². The third-order valence-corrected chi connectivity index (χ3v) is 9.86. The number of nitrogens with zero attached hydrogens (tertiary/aromatic N) is 5. The number of nitrogens with two attached hydrogens (primary N) is 1. The predicted molar refractivity (Wildman–Crippen MR) is 167 cm³/mol. The van der Waals surface area contributed by atoms with E-state index in [1.807, 2.05) is 0 Å². The van der Waals surface area contributed by atoms with Crippen LogP contribution in [0.3, 0.4) is 0 Å². The highest BCUT2D eigenvalue weighted by molar-refractivity contribution is 8.01. The van der Waals surface area contributed by atoms with Crippen LogP contribution in [0, 0.1) is 0 Å². The summed E-state index contributed by atoms with van der Waals surface area (Å²) >= 11 is 3.67. The van der Waals surface area contributed by atoms with Gasteiger partial charge in [-0.25, -0.2) is 14.6 Å². The normalized spacial score (nSPS) is 17.5. The van der Waals surface area contributed by atoms with Crippen LogP contribution in [0.1, 0.15) is 11.4 Å². The summed E-state index contributed by atoms with van der Waals surface area (Å²) < 4.78 is 2.57. The molecule has 0 bridgehead atoms. The van der Waals surface area contributed by atoms with Crippen LogP contribution < -0.4 is 25.9 Å². The molecule has 1 saturated heterocycles. The molecular weight excluding hydrogens is 679 g/mol. The van der Waals surface area contributed by atoms with Gasteiger partial charge in [-0.2, -0.15) is 9.30 Å². The van der Waals surface area contributed by atoms with Crippen LogP contribution >= 0.6 is 34.9 Å². The molecule has 20 heteroatoms. The lowest BCUT2D eigenvalue weighted by molar-refractivity contribution is -0.686. The number of carboxylic acid groups (broad SMARTS) is 2. The molecular formula is C27H26N7O10S3+. The number of thioether (sulfide) groups is 2. The predicted octanol–water partition coefficient (Wildman–Crippen LogP) is -0.525. The average molecular weight is 705 g/mol. The first kappa shape index (κ1) is 33.3. The molecule has 5 rings (SSSR count). The topological polar surface area (TPSA) is 240 Å². The van der Waals surface area contributed by atoms with Gasteiger partial charge in [0.2, 0.25) is 12.0 Å². The molecule has 47 heavy (non-hydrogen) atoms. The third kappa shape index (κ3) is 7.34. The number of pyridine rings is 2. The maximum Gasteiger partial charge on any atom is 0.370 e. The lowest BCUT2D eigenvalue weighted by Crippen LogP contribution is -2.71. The Kier molecular flexibility index (Phi) is 10.0. The van der Waals surface area contributed by atoms with Crippen molar-refractivity contribution in [3.05, 3.63) is 75.1 Å². The van der Waals surface area contributed by atoms with Crippen LogP contribution in [-0.2, 0) is 37.2 Å². The summed E-state index contributed by atoms with van der Waals surface area (Å²) in [6.07, 6.45) is 4.25. The minimum absolute atomic E-state index is 0.0552. The number of aromatic hydroxyl groups is 1. The van der Waals surface area contributed by atoms with E-state index in [4.69, 9.17) is 20.5 Å². The van der Waals surface area contributed by atoms with Gasteiger partial charge in [-0.1, -0.05) is 5.16 Å². The molecule has 2 aliphatic heterocycles. The summed E-state index contributed by atoms with van der Waals surface area (Å²) in [6.45, 7) is -0.547. The van der Waals surface area contributed by atoms with Crippen LogP contribution in [0.2, 0.25) is 0 Å². The number of carbonyl (C=O) groups is 4. The molecule has 0 spiro atoms. The molecule has 2 aliphatic rings. The molecule has 0 saturated carbocycles. The molecule has 3 aromatic heterocycles. The van der Waals surface area contributed by atoms with Crippen LogP contribution in [0.5, 0.6) is 5.75 Å². The molecule has 246 valence electrons. The van der Waals surface area contributed by atoms with E-state index in [0.29, 0.717) is 5.57 Å². The van der Waals surface area contributed by atoms with E-state index in [1.54, 1.807) is 24.5 Å². The maximum atomic E-state index is 13.4. The van der Waals surface area contributed by atoms with E-state index < -0.39 is 46.3 Å². The van der Waals surface area contributed by atoms with Crippen LogP contribution in [0.4, 0.5) is 5.13 Å². The van der Waals surface area contributed by atoms with Crippen molar-refractivity contribution < 1.29 is 48.7 Å². The van der Waals surface area contributed by atoms with Gasteiger partial charge in [-0.05, 0) is 5.57 Å². The quantitative estimate of drug-likeness (QED) is 0.0495. The molecule has 0 unspecified atom stereocenters. The standard InChI is InChI=1S/C27H25N7O10S3/c1-43-33-7-18(36)17(35)6-14(33)9-44-31-20(16-12-47-27(28)29-16)23(39)30-21-24(40)34-22(26(41)42)13(11-46-25(21)34)10-45-15-2-4-32(5-3-15)8-19(37)38/h2-7,12,21,25H,8-11H2,1H3,(H5-,28,29,30,36,37,38,39,41,42)/p+1/t21-,25-/m1/s1. The summed E-state index contributed by atoms with van der Waals surface area (Å²) in [6, 6.07) is 3.42. The van der Waals surface area contributed by atoms with Gasteiger partial charge in [-0.15, -0.1) is 34.9 Å². The number of nitrogen functional groups attached to an aromatic ring is 1. The molecule has 0 radical (unpaired) electrons. The van der Waals surface area contributed by atoms with E-state index in [2.05, 4.69) is 15.5 Å². The molecule has 6 N–H and O–H groups in total. The first-order valence-electron chi connectivity index (χ1n) is 13.4. The highest BCUT2D eigenvalue weighted by atomic mass is 32.2. The Bertz CT molecular complexity index is 1860. The number of aliphatic carboxylic acids is 2. The van der Waals surface area contributed by atoms with Gasteiger partial charge in [0, 0.05) is 40.0 Å². The van der Waals surface area contributed by atoms with Crippen molar-refractivity contribution in [2.75, 3.05) is 24.3 Å². The fourth-order valence-corrected chi connectivity index (χ4v) is 7.48. The van der Waals surface area contributed by atoms with Crippen molar-refractivity contribution in [2.45, 2.75) is 29.5 Å². The number of oxime groups is 1. The molecule has 2 amide bonds. The highest BCUT2D eigenvalue weighted by Crippen LogP contribution is 2.41. The largest absolute Gasteiger partial charge is 0.503 e. The molecule has 3 aromatic rings. The van der Waals surface area contributed by atoms with E-state index in [9.17, 15) is 34.2 Å². The number of rotatable bonds is 13. The van der Waals surface area contributed by atoms with Crippen molar-refractivity contribution in [1.29, 1.82) is 0 Å². The molecule has 0 aliphatic carbocycles. The second-order valence-electron chi connectivity index (χ2n) is 9.81. The van der Waals surface area contributed by atoms with Gasteiger partial charge in [0.15, 0.2) is 35.6 Å². The van der Waals surface area contributed by atoms with E-state index in [0.717, 1.165) is 38.1 Å². The summed E-state index contributed by atoms with van der Waals surface area (Å²) in [7, 11) is 1.30. The Hall–Kier alpha value is -5.08. The van der Waals surface area contributed by atoms with Gasteiger partial charge in [0.25, 0.3) is 11.8 Å². The van der Waals surface area contributed by atoms with Crippen LogP contribution in [0.15, 0.2) is 68.3 Å². The number of anilines is 1. The fourth-order valence-electron chi connectivity index (χ4n) is 4.56. The van der Waals surface area contributed by atoms with Crippen LogP contribution in [0.25, 0.3) is 0 Å². The fraction of sp³-hybridized carbons (Fsp3) is 0.259. The first-order chi connectivity index (χ1) is 22.5. The Balaban J connectivity index is 1.29. The number of fused-ring (bicyclic) bond motifs is 1. The number of carboxylic acids is 2. The highest BCUT2D eigenvalue weighted by Gasteiger charge is 2.54. The number of hydrogen-bond donors (Lipinski definition) is 5. The Morgan fingerprint density at radius 1 is 1.26 bits per heavy atom. The molecule has 0 aromatic carbocycles. The van der Waals surface area contributed by atoms with Crippen LogP contribution in [-0.4, -0.2) is 89.4 Å². The average Bonchev–Trinajstić information content (AvgIpc) is 3.47. The van der Waals surface area contributed by atoms with Crippen molar-refractivity contribution in [3.63, 3.8) is 0 Å². The maximum absolute atomic E-state index is 13.4. The number of hydrogen-bond acceptors (Lipinski definition) is 14. The number of thiazole rings is 1. The van der Waals surface area contributed by atoms with E-state index >= 15 is 0 Å². The lowest BCUT2D eigenvalue weighted by atomic mass is 10.0. The zero-order valence-corrected chi connectivity index (χ0v) is 26.7. The number of amides is 2. The Morgan fingerprint density at radius 3 is 2.64 bits per heavy atom. The summed E-state index contributed by atoms with van der Waals surface area (Å²) in [5, 5.41) is 36.0. The Labute approximate surface area is 277 Å². The van der Waals surface area contributed by atoms with Crippen molar-refractivity contribution in [1.82, 2.24) is 19.9 Å². The number of nitrogens with one attached hydrogen (secondary N) is 1. The monoisotopic (exact) mass is 704 g/mol. The van der Waals surface area contributed by atoms with Gasteiger partial charge >= 0.3 is 11.9 Å². The number of aromatic nitrogens is 3. The van der Waals surface area contributed by atoms with Crippen molar-refractivity contribution in [3.8, 4) is 5.75 Å². The number of carbonyl (C=O) groups excluding carboxylic acids is 2. The first-order valence-corrected chi connectivity index (χ1v) is 16.3. The van der Waals surface area contributed by atoms with Gasteiger partial charge in [0.05, 0.1) is 6.20 Å². The van der Waals surface area contributed by atoms with E-state index in [-0.39, 0.29) is 52.6 Å². The lowest BCUT2D eigenvalue weighted by Gasteiger charge is -2.49.